The summed E-state index contributed by atoms with van der Waals surface area (Å²) in [6.45, 7) is 0.566. The number of aliphatic hydroxyl groups is 2. The maximum absolute atomic E-state index is 12.7. The summed E-state index contributed by atoms with van der Waals surface area (Å²) in [7, 11) is 0. The van der Waals surface area contributed by atoms with E-state index in [-0.39, 0.29) is 30.7 Å². The molecule has 3 amide bonds. The average molecular weight is 437 g/mol. The molecule has 6 N–H and O–H groups in total. The zero-order valence-electron chi connectivity index (χ0n) is 17.4. The molecule has 3 aliphatic rings. The van der Waals surface area contributed by atoms with Crippen molar-refractivity contribution in [2.45, 2.75) is 82.1 Å². The Balaban J connectivity index is 1.66. The Bertz CT molecular complexity index is 760. The van der Waals surface area contributed by atoms with E-state index in [1.165, 1.54) is 6.08 Å². The van der Waals surface area contributed by atoms with Gasteiger partial charge in [-0.15, -0.1) is 0 Å². The fraction of sp³-hybridized carbons (Fsp3) is 0.714. The minimum atomic E-state index is -1.29. The van der Waals surface area contributed by atoms with Gasteiger partial charge < -0.3 is 31.3 Å². The molecule has 4 atom stereocenters. The van der Waals surface area contributed by atoms with E-state index >= 15 is 0 Å². The summed E-state index contributed by atoms with van der Waals surface area (Å²) < 4.78 is 0. The lowest BCUT2D eigenvalue weighted by atomic mass is 9.79. The molecule has 1 saturated heterocycles. The van der Waals surface area contributed by atoms with Crippen molar-refractivity contribution in [3.05, 3.63) is 11.6 Å². The molecule has 31 heavy (non-hydrogen) atoms. The van der Waals surface area contributed by atoms with E-state index in [1.54, 1.807) is 0 Å². The van der Waals surface area contributed by atoms with Crippen molar-refractivity contribution in [2.24, 2.45) is 5.41 Å². The first-order valence-corrected chi connectivity index (χ1v) is 10.9. The number of piperidine rings is 1. The molecule has 2 fully saturated rings. The Hall–Kier alpha value is -2.46. The Kier molecular flexibility index (Phi) is 7.32. The average Bonchev–Trinajstić information content (AvgIpc) is 3.13. The van der Waals surface area contributed by atoms with Crippen molar-refractivity contribution in [3.8, 4) is 0 Å². The minimum Gasteiger partial charge on any atom is -0.481 e. The lowest BCUT2D eigenvalue weighted by molar-refractivity contribution is -0.140. The monoisotopic (exact) mass is 437 g/mol. The molecule has 3 rings (SSSR count). The van der Waals surface area contributed by atoms with E-state index in [0.717, 1.165) is 19.3 Å². The molecule has 10 heteroatoms. The molecule has 1 aliphatic heterocycles. The van der Waals surface area contributed by atoms with Crippen molar-refractivity contribution in [3.63, 3.8) is 0 Å². The third kappa shape index (κ3) is 5.82. The van der Waals surface area contributed by atoms with Gasteiger partial charge in [-0.05, 0) is 31.1 Å². The van der Waals surface area contributed by atoms with Gasteiger partial charge in [0, 0.05) is 25.0 Å². The van der Waals surface area contributed by atoms with Gasteiger partial charge in [0.15, 0.2) is 0 Å². The van der Waals surface area contributed by atoms with E-state index in [0.29, 0.717) is 25.8 Å². The number of carboxylic acid groups (broad SMARTS) is 1. The van der Waals surface area contributed by atoms with E-state index in [9.17, 15) is 34.5 Å². The second-order valence-electron chi connectivity index (χ2n) is 8.96. The number of rotatable bonds is 7. The molecule has 0 bridgehead atoms. The SMILES string of the molecule is O=C(O)CC1(CC(=O)N[C@@H]2C=C(C(=O)N[C@H]3CCCNC3=O)C[C@@H](O)[C@@H]2O)CCCC1. The molecule has 2 aliphatic carbocycles. The van der Waals surface area contributed by atoms with Gasteiger partial charge in [0.25, 0.3) is 0 Å². The Morgan fingerprint density at radius 2 is 1.81 bits per heavy atom. The molecule has 1 heterocycles. The summed E-state index contributed by atoms with van der Waals surface area (Å²) in [6.07, 6.45) is 2.96. The zero-order chi connectivity index (χ0) is 22.6. The largest absolute Gasteiger partial charge is 0.481 e. The van der Waals surface area contributed by atoms with E-state index in [2.05, 4.69) is 16.0 Å². The van der Waals surface area contributed by atoms with Gasteiger partial charge in [0.1, 0.15) is 12.1 Å². The van der Waals surface area contributed by atoms with Crippen LogP contribution in [0.2, 0.25) is 0 Å². The van der Waals surface area contributed by atoms with E-state index in [1.807, 2.05) is 0 Å². The number of carbonyl (C=O) groups excluding carboxylic acids is 3. The number of nitrogens with one attached hydrogen (secondary N) is 3. The Morgan fingerprint density at radius 3 is 2.45 bits per heavy atom. The third-order valence-corrected chi connectivity index (χ3v) is 6.51. The second kappa shape index (κ2) is 9.78. The molecule has 172 valence electrons. The Labute approximate surface area is 180 Å². The molecule has 0 aromatic heterocycles. The van der Waals surface area contributed by atoms with Crippen LogP contribution in [0, 0.1) is 5.41 Å². The van der Waals surface area contributed by atoms with Gasteiger partial charge in [-0.3, -0.25) is 19.2 Å². The molecule has 10 nitrogen and oxygen atoms in total. The standard InChI is InChI=1S/C21H31N3O7/c25-15-9-12(19(30)24-13-4-3-7-22-20(13)31)8-14(18(15)29)23-16(26)10-21(11-17(27)28)5-1-2-6-21/h8,13-15,18,25,29H,1-7,9-11H2,(H,22,31)(H,23,26)(H,24,30)(H,27,28)/t13-,14+,15+,18+/m0/s1. The number of carboxylic acids is 1. The summed E-state index contributed by atoms with van der Waals surface area (Å²) >= 11 is 0. The molecule has 0 unspecified atom stereocenters. The summed E-state index contributed by atoms with van der Waals surface area (Å²) in [5, 5.41) is 37.7. The van der Waals surface area contributed by atoms with Crippen LogP contribution < -0.4 is 16.0 Å². The predicted molar refractivity (Wildman–Crippen MR) is 109 cm³/mol. The molecule has 0 radical (unpaired) electrons. The number of aliphatic hydroxyl groups excluding tert-OH is 2. The predicted octanol–water partition coefficient (Wildman–Crippen LogP) is -0.657. The van der Waals surface area contributed by atoms with Crippen molar-refractivity contribution >= 4 is 23.7 Å². The van der Waals surface area contributed by atoms with Crippen LogP contribution in [0.15, 0.2) is 11.6 Å². The van der Waals surface area contributed by atoms with E-state index in [4.69, 9.17) is 0 Å². The molecule has 0 spiro atoms. The summed E-state index contributed by atoms with van der Waals surface area (Å²) in [6, 6.07) is -1.64. The van der Waals surface area contributed by atoms with Gasteiger partial charge in [0.2, 0.25) is 17.7 Å². The zero-order valence-corrected chi connectivity index (χ0v) is 17.4. The lowest BCUT2D eigenvalue weighted by Crippen LogP contribution is -2.53. The molecule has 0 aromatic rings. The van der Waals surface area contributed by atoms with Gasteiger partial charge in [-0.1, -0.05) is 18.9 Å². The number of hydrogen-bond acceptors (Lipinski definition) is 6. The first-order valence-electron chi connectivity index (χ1n) is 10.9. The van der Waals surface area contributed by atoms with Crippen molar-refractivity contribution in [1.82, 2.24) is 16.0 Å². The van der Waals surface area contributed by atoms with Crippen LogP contribution >= 0.6 is 0 Å². The lowest BCUT2D eigenvalue weighted by Gasteiger charge is -2.33. The van der Waals surface area contributed by atoms with Gasteiger partial charge in [-0.2, -0.15) is 0 Å². The van der Waals surface area contributed by atoms with Gasteiger partial charge in [-0.25, -0.2) is 0 Å². The number of amides is 3. The molecular weight excluding hydrogens is 406 g/mol. The van der Waals surface area contributed by atoms with Crippen molar-refractivity contribution in [1.29, 1.82) is 0 Å². The minimum absolute atomic E-state index is 0.0101. The highest BCUT2D eigenvalue weighted by molar-refractivity contribution is 5.97. The van der Waals surface area contributed by atoms with Crippen LogP contribution in [0.5, 0.6) is 0 Å². The molecule has 1 saturated carbocycles. The smallest absolute Gasteiger partial charge is 0.303 e. The number of aliphatic carboxylic acids is 1. The second-order valence-corrected chi connectivity index (χ2v) is 8.96. The van der Waals surface area contributed by atoms with Crippen LogP contribution in [-0.4, -0.2) is 69.8 Å². The topological polar surface area (TPSA) is 165 Å². The summed E-state index contributed by atoms with van der Waals surface area (Å²) in [5.41, 5.74) is -0.422. The maximum Gasteiger partial charge on any atom is 0.303 e. The quantitative estimate of drug-likeness (QED) is 0.308. The fourth-order valence-electron chi connectivity index (χ4n) is 4.86. The van der Waals surface area contributed by atoms with Crippen LogP contribution in [0.4, 0.5) is 0 Å². The van der Waals surface area contributed by atoms with Gasteiger partial charge in [0.05, 0.1) is 18.6 Å². The number of carbonyl (C=O) groups is 4. The highest BCUT2D eigenvalue weighted by Crippen LogP contribution is 2.44. The highest BCUT2D eigenvalue weighted by Gasteiger charge is 2.40. The van der Waals surface area contributed by atoms with Crippen LogP contribution in [-0.2, 0) is 19.2 Å². The van der Waals surface area contributed by atoms with Crippen LogP contribution in [0.3, 0.4) is 0 Å². The third-order valence-electron chi connectivity index (χ3n) is 6.51. The first-order chi connectivity index (χ1) is 14.7. The Morgan fingerprint density at radius 1 is 1.10 bits per heavy atom. The fourth-order valence-corrected chi connectivity index (χ4v) is 4.86. The number of hydrogen-bond donors (Lipinski definition) is 6. The van der Waals surface area contributed by atoms with Crippen molar-refractivity contribution in [2.75, 3.05) is 6.54 Å². The normalized spacial score (nSPS) is 30.1. The van der Waals surface area contributed by atoms with Crippen LogP contribution in [0.25, 0.3) is 0 Å². The molecule has 0 aromatic carbocycles. The molecular formula is C21H31N3O7. The summed E-state index contributed by atoms with van der Waals surface area (Å²) in [5.74, 6) is -2.16. The van der Waals surface area contributed by atoms with Crippen LogP contribution in [0.1, 0.15) is 57.8 Å². The van der Waals surface area contributed by atoms with Crippen molar-refractivity contribution < 1.29 is 34.5 Å². The first kappa shape index (κ1) is 23.2. The maximum atomic E-state index is 12.7. The van der Waals surface area contributed by atoms with E-state index < -0.39 is 47.5 Å². The van der Waals surface area contributed by atoms with Gasteiger partial charge >= 0.3 is 5.97 Å². The summed E-state index contributed by atoms with van der Waals surface area (Å²) in [4.78, 5) is 48.4. The highest BCUT2D eigenvalue weighted by atomic mass is 16.4.